The lowest BCUT2D eigenvalue weighted by Gasteiger charge is -2.19. The number of carbonyl (C=O) groups excluding carboxylic acids is 2. The second-order valence-electron chi connectivity index (χ2n) is 6.33. The van der Waals surface area contributed by atoms with Crippen LogP contribution in [0.1, 0.15) is 34.6 Å². The number of rotatable bonds is 9. The maximum atomic E-state index is 12.5. The minimum absolute atomic E-state index is 0.0496. The number of hydrogen-bond acceptors (Lipinski definition) is 5. The molecule has 7 nitrogen and oxygen atoms in total. The van der Waals surface area contributed by atoms with Crippen molar-refractivity contribution in [1.29, 1.82) is 0 Å². The van der Waals surface area contributed by atoms with E-state index < -0.39 is 0 Å². The molecule has 0 aliphatic carbocycles. The predicted octanol–water partition coefficient (Wildman–Crippen LogP) is 3.32. The van der Waals surface area contributed by atoms with Gasteiger partial charge in [-0.2, -0.15) is 0 Å². The molecule has 0 aromatic heterocycles. The number of methoxy groups -OCH3 is 1. The first-order valence-corrected chi connectivity index (χ1v) is 10.1. The summed E-state index contributed by atoms with van der Waals surface area (Å²) in [5, 5.41) is 5.73. The Balaban J connectivity index is 1.94. The smallest absolute Gasteiger partial charge is 0.257 e. The third-order valence-corrected chi connectivity index (χ3v) is 4.52. The van der Waals surface area contributed by atoms with Gasteiger partial charge in [0.25, 0.3) is 11.8 Å². The summed E-state index contributed by atoms with van der Waals surface area (Å²) < 4.78 is 10.4. The molecule has 0 aliphatic rings. The number of carbonyl (C=O) groups is 2. The van der Waals surface area contributed by atoms with Crippen molar-refractivity contribution in [1.82, 2.24) is 10.2 Å². The normalized spacial score (nSPS) is 10.2. The quantitative estimate of drug-likeness (QED) is 0.470. The second-order valence-corrected chi connectivity index (χ2v) is 6.74. The minimum atomic E-state index is -0.341. The molecule has 0 bridgehead atoms. The molecule has 2 aromatic rings. The highest BCUT2D eigenvalue weighted by Crippen LogP contribution is 2.14. The topological polar surface area (TPSA) is 79.9 Å². The summed E-state index contributed by atoms with van der Waals surface area (Å²) in [7, 11) is 1.60. The number of benzene rings is 2. The minimum Gasteiger partial charge on any atom is -0.491 e. The van der Waals surface area contributed by atoms with Crippen LogP contribution in [0.25, 0.3) is 0 Å². The van der Waals surface area contributed by atoms with E-state index >= 15 is 0 Å². The molecule has 0 unspecified atom stereocenters. The van der Waals surface area contributed by atoms with Gasteiger partial charge in [0.15, 0.2) is 5.11 Å². The van der Waals surface area contributed by atoms with Crippen molar-refractivity contribution in [2.45, 2.75) is 13.8 Å². The Bertz CT molecular complexity index is 867. The standard InChI is InChI=1S/C22H27N3O4S/c1-4-25(5-2)21(27)17-7-6-8-18(15-17)23-22(30)24-20(26)16-9-11-19(12-10-16)29-14-13-28-3/h6-12,15H,4-5,13-14H2,1-3H3,(H2,23,24,26,30). The lowest BCUT2D eigenvalue weighted by Crippen LogP contribution is -2.34. The second kappa shape index (κ2) is 11.9. The van der Waals surface area contributed by atoms with Crippen LogP contribution in [0.5, 0.6) is 5.75 Å². The highest BCUT2D eigenvalue weighted by Gasteiger charge is 2.13. The number of ether oxygens (including phenoxy) is 2. The van der Waals surface area contributed by atoms with Gasteiger partial charge in [-0.1, -0.05) is 6.07 Å². The Morgan fingerprint density at radius 2 is 1.70 bits per heavy atom. The summed E-state index contributed by atoms with van der Waals surface area (Å²) in [6.45, 7) is 6.07. The fraction of sp³-hybridized carbons (Fsp3) is 0.318. The average Bonchev–Trinajstić information content (AvgIpc) is 2.75. The zero-order valence-electron chi connectivity index (χ0n) is 17.4. The van der Waals surface area contributed by atoms with Gasteiger partial charge in [0, 0.05) is 37.0 Å². The highest BCUT2D eigenvalue weighted by atomic mass is 32.1. The Morgan fingerprint density at radius 3 is 2.33 bits per heavy atom. The van der Waals surface area contributed by atoms with Crippen LogP contribution in [0, 0.1) is 0 Å². The lowest BCUT2D eigenvalue weighted by atomic mass is 10.1. The molecule has 160 valence electrons. The summed E-state index contributed by atoms with van der Waals surface area (Å²) in [5.74, 6) is 0.261. The van der Waals surface area contributed by atoms with Gasteiger partial charge in [-0.25, -0.2) is 0 Å². The van der Waals surface area contributed by atoms with Gasteiger partial charge < -0.3 is 19.7 Å². The zero-order valence-corrected chi connectivity index (χ0v) is 18.3. The van der Waals surface area contributed by atoms with Gasteiger partial charge in [0.2, 0.25) is 0 Å². The number of amides is 2. The van der Waals surface area contributed by atoms with Crippen molar-refractivity contribution >= 4 is 34.8 Å². The lowest BCUT2D eigenvalue weighted by molar-refractivity contribution is 0.0772. The third kappa shape index (κ3) is 6.82. The highest BCUT2D eigenvalue weighted by molar-refractivity contribution is 7.80. The molecule has 8 heteroatoms. The molecule has 30 heavy (non-hydrogen) atoms. The van der Waals surface area contributed by atoms with Gasteiger partial charge >= 0.3 is 0 Å². The largest absolute Gasteiger partial charge is 0.491 e. The summed E-state index contributed by atoms with van der Waals surface area (Å²) in [6, 6.07) is 13.8. The maximum Gasteiger partial charge on any atom is 0.257 e. The molecule has 0 saturated heterocycles. The van der Waals surface area contributed by atoms with E-state index in [-0.39, 0.29) is 16.9 Å². The average molecular weight is 430 g/mol. The summed E-state index contributed by atoms with van der Waals surface area (Å²) >= 11 is 5.24. The molecule has 0 atom stereocenters. The van der Waals surface area contributed by atoms with Crippen LogP contribution in [0.3, 0.4) is 0 Å². The van der Waals surface area contributed by atoms with E-state index in [1.54, 1.807) is 60.5 Å². The molecule has 0 fully saturated rings. The Kier molecular flexibility index (Phi) is 9.24. The van der Waals surface area contributed by atoms with Crippen LogP contribution in [0.2, 0.25) is 0 Å². The molecular formula is C22H27N3O4S. The van der Waals surface area contributed by atoms with Crippen LogP contribution in [0.15, 0.2) is 48.5 Å². The van der Waals surface area contributed by atoms with Gasteiger partial charge in [-0.3, -0.25) is 14.9 Å². The molecule has 2 aromatic carbocycles. The number of nitrogens with zero attached hydrogens (tertiary/aromatic N) is 1. The van der Waals surface area contributed by atoms with Crippen molar-refractivity contribution in [2.75, 3.05) is 38.7 Å². The summed E-state index contributed by atoms with van der Waals surface area (Å²) in [6.07, 6.45) is 0. The monoisotopic (exact) mass is 429 g/mol. The molecule has 2 rings (SSSR count). The molecule has 0 heterocycles. The van der Waals surface area contributed by atoms with Crippen LogP contribution in [-0.4, -0.2) is 55.2 Å². The first-order valence-electron chi connectivity index (χ1n) is 9.72. The fourth-order valence-corrected chi connectivity index (χ4v) is 2.92. The Hall–Kier alpha value is -2.97. The van der Waals surface area contributed by atoms with E-state index in [0.717, 1.165) is 0 Å². The SMILES string of the molecule is CCN(CC)C(=O)c1cccc(NC(=S)NC(=O)c2ccc(OCCOC)cc2)c1. The number of nitrogens with one attached hydrogen (secondary N) is 2. The number of thiocarbonyl (C=S) groups is 1. The van der Waals surface area contributed by atoms with E-state index in [9.17, 15) is 9.59 Å². The summed E-state index contributed by atoms with van der Waals surface area (Å²) in [4.78, 5) is 26.6. The number of hydrogen-bond donors (Lipinski definition) is 2. The molecule has 0 spiro atoms. The van der Waals surface area contributed by atoms with Crippen molar-refractivity contribution in [2.24, 2.45) is 0 Å². The van der Waals surface area contributed by atoms with Crippen molar-refractivity contribution < 1.29 is 19.1 Å². The molecule has 0 saturated carbocycles. The molecular weight excluding hydrogens is 402 g/mol. The van der Waals surface area contributed by atoms with Crippen molar-refractivity contribution in [3.63, 3.8) is 0 Å². The zero-order chi connectivity index (χ0) is 21.9. The first-order chi connectivity index (χ1) is 14.5. The maximum absolute atomic E-state index is 12.5. The van der Waals surface area contributed by atoms with Crippen LogP contribution in [0.4, 0.5) is 5.69 Å². The van der Waals surface area contributed by atoms with Crippen molar-refractivity contribution in [3.05, 3.63) is 59.7 Å². The van der Waals surface area contributed by atoms with E-state index in [1.807, 2.05) is 13.8 Å². The first kappa shape index (κ1) is 23.3. The molecule has 0 radical (unpaired) electrons. The van der Waals surface area contributed by atoms with Gasteiger partial charge in [0.1, 0.15) is 12.4 Å². The van der Waals surface area contributed by atoms with E-state index in [4.69, 9.17) is 21.7 Å². The molecule has 0 aliphatic heterocycles. The van der Waals surface area contributed by atoms with Gasteiger partial charge in [0.05, 0.1) is 6.61 Å². The van der Waals surface area contributed by atoms with E-state index in [0.29, 0.717) is 48.9 Å². The van der Waals surface area contributed by atoms with Gasteiger partial charge in [-0.15, -0.1) is 0 Å². The van der Waals surface area contributed by atoms with Crippen LogP contribution in [-0.2, 0) is 4.74 Å². The Labute approximate surface area is 182 Å². The Morgan fingerprint density at radius 1 is 1.00 bits per heavy atom. The number of anilines is 1. The van der Waals surface area contributed by atoms with Crippen LogP contribution >= 0.6 is 12.2 Å². The predicted molar refractivity (Wildman–Crippen MR) is 121 cm³/mol. The molecule has 2 amide bonds. The van der Waals surface area contributed by atoms with Crippen molar-refractivity contribution in [3.8, 4) is 5.75 Å². The van der Waals surface area contributed by atoms with E-state index in [2.05, 4.69) is 10.6 Å². The third-order valence-electron chi connectivity index (χ3n) is 4.32. The van der Waals surface area contributed by atoms with E-state index in [1.165, 1.54) is 0 Å². The van der Waals surface area contributed by atoms with Gasteiger partial charge in [-0.05, 0) is 68.5 Å². The fourth-order valence-electron chi connectivity index (χ4n) is 2.71. The van der Waals surface area contributed by atoms with Crippen LogP contribution < -0.4 is 15.4 Å². The molecule has 2 N–H and O–H groups in total. The summed E-state index contributed by atoms with van der Waals surface area (Å²) in [5.41, 5.74) is 1.63.